The van der Waals surface area contributed by atoms with Gasteiger partial charge in [0.25, 0.3) is 5.91 Å². The summed E-state index contributed by atoms with van der Waals surface area (Å²) in [5.74, 6) is -1.77. The molecule has 1 aromatic heterocycles. The molecule has 1 atom stereocenters. The van der Waals surface area contributed by atoms with Gasteiger partial charge in [0.05, 0.1) is 24.1 Å². The van der Waals surface area contributed by atoms with Crippen molar-refractivity contribution in [1.29, 1.82) is 0 Å². The van der Waals surface area contributed by atoms with E-state index in [1.54, 1.807) is 4.57 Å². The Kier molecular flexibility index (Phi) is 3.68. The van der Waals surface area contributed by atoms with E-state index < -0.39 is 23.6 Å². The number of imidazole rings is 1. The molecule has 0 spiro atoms. The Morgan fingerprint density at radius 3 is 2.84 bits per heavy atom. The van der Waals surface area contributed by atoms with E-state index in [9.17, 15) is 13.6 Å². The minimum atomic E-state index is -0.741. The Morgan fingerprint density at radius 2 is 2.04 bits per heavy atom. The van der Waals surface area contributed by atoms with Gasteiger partial charge in [-0.05, 0) is 12.1 Å². The molecule has 3 aromatic rings. The maximum Gasteiger partial charge on any atom is 0.270 e. The van der Waals surface area contributed by atoms with Crippen LogP contribution in [0.3, 0.4) is 0 Å². The van der Waals surface area contributed by atoms with Gasteiger partial charge >= 0.3 is 0 Å². The van der Waals surface area contributed by atoms with Gasteiger partial charge in [0.15, 0.2) is 0 Å². The lowest BCUT2D eigenvalue weighted by molar-refractivity contribution is 0.0923. The average molecular weight is 341 g/mol. The van der Waals surface area contributed by atoms with Crippen LogP contribution in [0, 0.1) is 11.6 Å². The predicted molar refractivity (Wildman–Crippen MR) is 85.6 cm³/mol. The van der Waals surface area contributed by atoms with Crippen molar-refractivity contribution in [3.05, 3.63) is 77.9 Å². The Bertz CT molecular complexity index is 941. The number of benzene rings is 2. The van der Waals surface area contributed by atoms with Crippen molar-refractivity contribution in [3.8, 4) is 11.4 Å². The molecular weight excluding hydrogens is 328 g/mol. The van der Waals surface area contributed by atoms with Crippen LogP contribution in [0.1, 0.15) is 22.1 Å². The molecule has 5 nitrogen and oxygen atoms in total. The second kappa shape index (κ2) is 6.01. The first-order valence-corrected chi connectivity index (χ1v) is 7.64. The third-order valence-electron chi connectivity index (χ3n) is 4.02. The summed E-state index contributed by atoms with van der Waals surface area (Å²) >= 11 is 0. The quantitative estimate of drug-likeness (QED) is 0.797. The molecule has 0 saturated heterocycles. The first kappa shape index (κ1) is 15.3. The topological polar surface area (TPSA) is 56.1 Å². The number of amides is 1. The highest BCUT2D eigenvalue weighted by atomic mass is 19.1. The van der Waals surface area contributed by atoms with E-state index >= 15 is 0 Å². The van der Waals surface area contributed by atoms with Crippen molar-refractivity contribution in [2.75, 3.05) is 6.61 Å². The second-order valence-electron chi connectivity index (χ2n) is 5.62. The van der Waals surface area contributed by atoms with Crippen molar-refractivity contribution >= 4 is 5.91 Å². The zero-order chi connectivity index (χ0) is 17.4. The summed E-state index contributed by atoms with van der Waals surface area (Å²) in [4.78, 5) is 16.6. The number of nitrogens with one attached hydrogen (secondary N) is 1. The zero-order valence-corrected chi connectivity index (χ0v) is 12.9. The van der Waals surface area contributed by atoms with Gasteiger partial charge in [-0.25, -0.2) is 13.8 Å². The van der Waals surface area contributed by atoms with Crippen LogP contribution in [0.15, 0.2) is 55.0 Å². The number of carbonyl (C=O) groups is 1. The molecule has 126 valence electrons. The minimum Gasteiger partial charge on any atom is -0.490 e. The van der Waals surface area contributed by atoms with Gasteiger partial charge < -0.3 is 10.1 Å². The van der Waals surface area contributed by atoms with Gasteiger partial charge in [-0.1, -0.05) is 18.2 Å². The summed E-state index contributed by atoms with van der Waals surface area (Å²) in [6.45, 7) is 0.0426. The molecule has 1 aliphatic rings. The second-order valence-corrected chi connectivity index (χ2v) is 5.62. The fourth-order valence-corrected chi connectivity index (χ4v) is 2.88. The van der Waals surface area contributed by atoms with E-state index in [0.29, 0.717) is 5.69 Å². The summed E-state index contributed by atoms with van der Waals surface area (Å²) in [5.41, 5.74) is 1.24. The number of aromatic nitrogens is 2. The summed E-state index contributed by atoms with van der Waals surface area (Å²) in [7, 11) is 0. The zero-order valence-electron chi connectivity index (χ0n) is 12.9. The largest absolute Gasteiger partial charge is 0.490 e. The van der Waals surface area contributed by atoms with Crippen molar-refractivity contribution < 1.29 is 18.3 Å². The van der Waals surface area contributed by atoms with Crippen LogP contribution >= 0.6 is 0 Å². The Labute approximate surface area is 141 Å². The van der Waals surface area contributed by atoms with E-state index in [0.717, 1.165) is 17.8 Å². The number of carbonyl (C=O) groups excluding carboxylic acids is 1. The molecule has 0 saturated carbocycles. The van der Waals surface area contributed by atoms with Crippen LogP contribution in [0.4, 0.5) is 8.78 Å². The number of hydrogen-bond acceptors (Lipinski definition) is 3. The first-order chi connectivity index (χ1) is 12.1. The number of fused-ring (bicyclic) bond motifs is 1. The van der Waals surface area contributed by atoms with Crippen LogP contribution < -0.4 is 10.1 Å². The van der Waals surface area contributed by atoms with Crippen LogP contribution in [0.25, 0.3) is 5.69 Å². The number of rotatable bonds is 3. The van der Waals surface area contributed by atoms with Gasteiger partial charge in [0.2, 0.25) is 0 Å². The maximum absolute atomic E-state index is 14.0. The maximum atomic E-state index is 14.0. The van der Waals surface area contributed by atoms with Gasteiger partial charge in [-0.3, -0.25) is 9.36 Å². The van der Waals surface area contributed by atoms with E-state index in [1.165, 1.54) is 12.5 Å². The van der Waals surface area contributed by atoms with Gasteiger partial charge in [-0.2, -0.15) is 0 Å². The van der Waals surface area contributed by atoms with Crippen LogP contribution in [-0.4, -0.2) is 22.1 Å². The summed E-state index contributed by atoms with van der Waals surface area (Å²) < 4.78 is 34.2. The van der Waals surface area contributed by atoms with Crippen LogP contribution in [-0.2, 0) is 0 Å². The minimum absolute atomic E-state index is 0.0426. The lowest BCUT2D eigenvalue weighted by Gasteiger charge is -2.13. The summed E-state index contributed by atoms with van der Waals surface area (Å²) in [5, 5.41) is 2.72. The van der Waals surface area contributed by atoms with Gasteiger partial charge in [-0.15, -0.1) is 0 Å². The molecule has 1 aliphatic heterocycles. The Morgan fingerprint density at radius 1 is 1.24 bits per heavy atom. The monoisotopic (exact) mass is 341 g/mol. The molecule has 1 N–H and O–H groups in total. The normalized spacial score (nSPS) is 15.5. The number of nitrogens with zero attached hydrogens (tertiary/aromatic N) is 2. The van der Waals surface area contributed by atoms with Crippen LogP contribution in [0.5, 0.6) is 5.75 Å². The standard InChI is InChI=1S/C18H13F2N3O2/c19-11-6-13(20)17-14(9-25-16(17)7-11)22-18(24)15-8-21-10-23(15)12-4-2-1-3-5-12/h1-8,10,14H,9H2,(H,22,24). The molecule has 25 heavy (non-hydrogen) atoms. The molecule has 1 amide bonds. The highest BCUT2D eigenvalue weighted by Crippen LogP contribution is 2.35. The van der Waals surface area contributed by atoms with Gasteiger partial charge in [0, 0.05) is 17.8 Å². The predicted octanol–water partition coefficient (Wildman–Crippen LogP) is 3.01. The number of hydrogen-bond donors (Lipinski definition) is 1. The Hall–Kier alpha value is -3.22. The fraction of sp³-hybridized carbons (Fsp3) is 0.111. The van der Waals surface area contributed by atoms with Crippen molar-refractivity contribution in [1.82, 2.24) is 14.9 Å². The molecule has 0 fully saturated rings. The summed E-state index contributed by atoms with van der Waals surface area (Å²) in [6.07, 6.45) is 2.96. The van der Waals surface area contributed by atoms with Crippen molar-refractivity contribution in [3.63, 3.8) is 0 Å². The third-order valence-corrected chi connectivity index (χ3v) is 4.02. The smallest absolute Gasteiger partial charge is 0.270 e. The number of halogens is 2. The molecule has 7 heteroatoms. The highest BCUT2D eigenvalue weighted by Gasteiger charge is 2.30. The van der Waals surface area contributed by atoms with Crippen LogP contribution in [0.2, 0.25) is 0 Å². The van der Waals surface area contributed by atoms with Gasteiger partial charge in [0.1, 0.15) is 29.7 Å². The number of ether oxygens (including phenoxy) is 1. The first-order valence-electron chi connectivity index (χ1n) is 7.64. The number of para-hydroxylation sites is 1. The van der Waals surface area contributed by atoms with Crippen molar-refractivity contribution in [2.24, 2.45) is 0 Å². The van der Waals surface area contributed by atoms with E-state index in [2.05, 4.69) is 10.3 Å². The lowest BCUT2D eigenvalue weighted by Crippen LogP contribution is -2.31. The Balaban J connectivity index is 1.61. The SMILES string of the molecule is O=C(NC1COc2cc(F)cc(F)c21)c1cncn1-c1ccccc1. The molecule has 4 rings (SSSR count). The molecule has 2 heterocycles. The average Bonchev–Trinajstić information content (AvgIpc) is 3.23. The molecule has 0 aliphatic carbocycles. The third kappa shape index (κ3) is 2.73. The molecule has 0 bridgehead atoms. The molecule has 0 radical (unpaired) electrons. The van der Waals surface area contributed by atoms with E-state index in [4.69, 9.17) is 4.74 Å². The fourth-order valence-electron chi connectivity index (χ4n) is 2.88. The molecule has 1 unspecified atom stereocenters. The molecular formula is C18H13F2N3O2. The summed E-state index contributed by atoms with van der Waals surface area (Å²) in [6, 6.07) is 10.4. The molecule has 2 aromatic carbocycles. The highest BCUT2D eigenvalue weighted by molar-refractivity contribution is 5.93. The van der Waals surface area contributed by atoms with E-state index in [1.807, 2.05) is 30.3 Å². The van der Waals surface area contributed by atoms with Crippen molar-refractivity contribution in [2.45, 2.75) is 6.04 Å². The lowest BCUT2D eigenvalue weighted by atomic mass is 10.1. The van der Waals surface area contributed by atoms with E-state index in [-0.39, 0.29) is 17.9 Å².